The first-order chi connectivity index (χ1) is 9.48. The van der Waals surface area contributed by atoms with Crippen molar-refractivity contribution in [1.82, 2.24) is 4.31 Å². The van der Waals surface area contributed by atoms with Crippen LogP contribution in [0.1, 0.15) is 20.3 Å². The quantitative estimate of drug-likeness (QED) is 0.799. The standard InChI is InChI=1S/C14H24N2O3S/c1-5-12(2)16(10-11-19-4)20(17,18)14-9-7-6-8-13(14)15-3/h6-9,12,15H,5,10-11H2,1-4H3. The number of hydrogen-bond donors (Lipinski definition) is 1. The van der Waals surface area contributed by atoms with Crippen LogP contribution in [-0.4, -0.2) is 46.1 Å². The molecule has 0 spiro atoms. The van der Waals surface area contributed by atoms with Crippen LogP contribution in [0.4, 0.5) is 5.69 Å². The fraction of sp³-hybridized carbons (Fsp3) is 0.571. The van der Waals surface area contributed by atoms with Crippen molar-refractivity contribution in [3.63, 3.8) is 0 Å². The second-order valence-electron chi connectivity index (χ2n) is 4.61. The summed E-state index contributed by atoms with van der Waals surface area (Å²) in [6.07, 6.45) is 0.755. The van der Waals surface area contributed by atoms with Crippen molar-refractivity contribution in [3.05, 3.63) is 24.3 Å². The molecule has 0 aliphatic heterocycles. The number of benzene rings is 1. The van der Waals surface area contributed by atoms with Crippen LogP contribution in [0.2, 0.25) is 0 Å². The summed E-state index contributed by atoms with van der Waals surface area (Å²) in [6, 6.07) is 6.87. The van der Waals surface area contributed by atoms with Crippen LogP contribution in [0.5, 0.6) is 0 Å². The predicted octanol–water partition coefficient (Wildman–Crippen LogP) is 2.16. The van der Waals surface area contributed by atoms with E-state index >= 15 is 0 Å². The highest BCUT2D eigenvalue weighted by Crippen LogP contribution is 2.26. The second-order valence-corrected chi connectivity index (χ2v) is 6.47. The minimum Gasteiger partial charge on any atom is -0.387 e. The minimum atomic E-state index is -3.54. The molecular weight excluding hydrogens is 276 g/mol. The molecule has 0 aliphatic rings. The second kappa shape index (κ2) is 7.61. The van der Waals surface area contributed by atoms with Gasteiger partial charge in [0, 0.05) is 26.7 Å². The Bertz CT molecular complexity index is 517. The summed E-state index contributed by atoms with van der Waals surface area (Å²) < 4.78 is 32.2. The van der Waals surface area contributed by atoms with Gasteiger partial charge in [0.15, 0.2) is 0 Å². The Kier molecular flexibility index (Phi) is 6.45. The topological polar surface area (TPSA) is 58.6 Å². The molecule has 1 rings (SSSR count). The molecule has 1 aromatic rings. The molecule has 1 atom stereocenters. The number of methoxy groups -OCH3 is 1. The molecular formula is C14H24N2O3S. The van der Waals surface area contributed by atoms with Gasteiger partial charge in [-0.2, -0.15) is 4.31 Å². The molecule has 0 aliphatic carbocycles. The van der Waals surface area contributed by atoms with Gasteiger partial charge in [0.25, 0.3) is 0 Å². The number of nitrogens with one attached hydrogen (secondary N) is 1. The van der Waals surface area contributed by atoms with Crippen LogP contribution in [0.3, 0.4) is 0 Å². The van der Waals surface area contributed by atoms with Gasteiger partial charge in [-0.1, -0.05) is 19.1 Å². The number of hydrogen-bond acceptors (Lipinski definition) is 4. The van der Waals surface area contributed by atoms with Gasteiger partial charge in [0.2, 0.25) is 10.0 Å². The lowest BCUT2D eigenvalue weighted by molar-refractivity contribution is 0.167. The van der Waals surface area contributed by atoms with Gasteiger partial charge < -0.3 is 10.1 Å². The van der Waals surface area contributed by atoms with E-state index in [9.17, 15) is 8.42 Å². The molecule has 114 valence electrons. The van der Waals surface area contributed by atoms with Crippen LogP contribution in [0.25, 0.3) is 0 Å². The Morgan fingerprint density at radius 2 is 2.00 bits per heavy atom. The summed E-state index contributed by atoms with van der Waals surface area (Å²) >= 11 is 0. The smallest absolute Gasteiger partial charge is 0.245 e. The third-order valence-electron chi connectivity index (χ3n) is 3.34. The fourth-order valence-electron chi connectivity index (χ4n) is 1.99. The molecule has 0 aromatic heterocycles. The van der Waals surface area contributed by atoms with Crippen LogP contribution < -0.4 is 5.32 Å². The van der Waals surface area contributed by atoms with Gasteiger partial charge in [-0.15, -0.1) is 0 Å². The van der Waals surface area contributed by atoms with E-state index in [1.165, 1.54) is 4.31 Å². The first-order valence-corrected chi connectivity index (χ1v) is 8.20. The number of anilines is 1. The van der Waals surface area contributed by atoms with Gasteiger partial charge in [-0.25, -0.2) is 8.42 Å². The van der Waals surface area contributed by atoms with E-state index in [-0.39, 0.29) is 6.04 Å². The Labute approximate surface area is 122 Å². The van der Waals surface area contributed by atoms with E-state index in [1.807, 2.05) is 19.9 Å². The van der Waals surface area contributed by atoms with Gasteiger partial charge in [-0.3, -0.25) is 0 Å². The summed E-state index contributed by atoms with van der Waals surface area (Å²) in [4.78, 5) is 0.305. The van der Waals surface area contributed by atoms with Crippen LogP contribution in [-0.2, 0) is 14.8 Å². The highest BCUT2D eigenvalue weighted by Gasteiger charge is 2.29. The zero-order valence-electron chi connectivity index (χ0n) is 12.6. The molecule has 0 heterocycles. The van der Waals surface area contributed by atoms with Gasteiger partial charge in [-0.05, 0) is 25.5 Å². The molecule has 0 saturated carbocycles. The Balaban J connectivity index is 3.21. The monoisotopic (exact) mass is 300 g/mol. The van der Waals surface area contributed by atoms with Crippen LogP contribution >= 0.6 is 0 Å². The van der Waals surface area contributed by atoms with E-state index in [0.717, 1.165) is 6.42 Å². The van der Waals surface area contributed by atoms with E-state index in [4.69, 9.17) is 4.74 Å². The predicted molar refractivity (Wildman–Crippen MR) is 81.5 cm³/mol. The first kappa shape index (κ1) is 16.9. The van der Waals surface area contributed by atoms with Crippen LogP contribution in [0, 0.1) is 0 Å². The molecule has 1 N–H and O–H groups in total. The third kappa shape index (κ3) is 3.71. The fourth-order valence-corrected chi connectivity index (χ4v) is 3.88. The number of sulfonamides is 1. The third-order valence-corrected chi connectivity index (χ3v) is 5.41. The summed E-state index contributed by atoms with van der Waals surface area (Å²) in [6.45, 7) is 4.62. The van der Waals surface area contributed by atoms with E-state index in [0.29, 0.717) is 23.7 Å². The van der Waals surface area contributed by atoms with Gasteiger partial charge in [0.1, 0.15) is 4.90 Å². The summed E-state index contributed by atoms with van der Waals surface area (Å²) in [7, 11) is -0.245. The maximum absolute atomic E-state index is 12.8. The molecule has 6 heteroatoms. The Hall–Kier alpha value is -1.11. The molecule has 0 fully saturated rings. The average molecular weight is 300 g/mol. The SMILES string of the molecule is CCC(C)N(CCOC)S(=O)(=O)c1ccccc1NC. The van der Waals surface area contributed by atoms with Crippen molar-refractivity contribution >= 4 is 15.7 Å². The molecule has 20 heavy (non-hydrogen) atoms. The zero-order chi connectivity index (χ0) is 15.2. The average Bonchev–Trinajstić information content (AvgIpc) is 2.46. The normalized spacial score (nSPS) is 13.4. The number of ether oxygens (including phenoxy) is 1. The van der Waals surface area contributed by atoms with E-state index in [2.05, 4.69) is 5.32 Å². The summed E-state index contributed by atoms with van der Waals surface area (Å²) in [5, 5.41) is 2.93. The lowest BCUT2D eigenvalue weighted by Crippen LogP contribution is -2.40. The maximum atomic E-state index is 12.8. The van der Waals surface area contributed by atoms with Crippen molar-refractivity contribution < 1.29 is 13.2 Å². The largest absolute Gasteiger partial charge is 0.387 e. The molecule has 1 aromatic carbocycles. The van der Waals surface area contributed by atoms with Crippen molar-refractivity contribution in [2.24, 2.45) is 0 Å². The summed E-state index contributed by atoms with van der Waals surface area (Å²) in [5.74, 6) is 0. The molecule has 0 radical (unpaired) electrons. The molecule has 5 nitrogen and oxygen atoms in total. The number of rotatable bonds is 8. The Morgan fingerprint density at radius 3 is 2.55 bits per heavy atom. The molecule has 0 amide bonds. The van der Waals surface area contributed by atoms with Gasteiger partial charge >= 0.3 is 0 Å². The molecule has 0 saturated heterocycles. The van der Waals surface area contributed by atoms with Crippen molar-refractivity contribution in [3.8, 4) is 0 Å². The maximum Gasteiger partial charge on any atom is 0.245 e. The minimum absolute atomic E-state index is 0.0694. The van der Waals surface area contributed by atoms with E-state index < -0.39 is 10.0 Å². The van der Waals surface area contributed by atoms with Crippen molar-refractivity contribution in [2.75, 3.05) is 32.6 Å². The lowest BCUT2D eigenvalue weighted by atomic mass is 10.3. The summed E-state index contributed by atoms with van der Waals surface area (Å²) in [5.41, 5.74) is 0.609. The van der Waals surface area contributed by atoms with Crippen LogP contribution in [0.15, 0.2) is 29.2 Å². The Morgan fingerprint density at radius 1 is 1.35 bits per heavy atom. The molecule has 1 unspecified atom stereocenters. The molecule has 0 bridgehead atoms. The lowest BCUT2D eigenvalue weighted by Gasteiger charge is -2.28. The van der Waals surface area contributed by atoms with Crippen molar-refractivity contribution in [2.45, 2.75) is 31.2 Å². The number of para-hydroxylation sites is 1. The first-order valence-electron chi connectivity index (χ1n) is 6.76. The van der Waals surface area contributed by atoms with E-state index in [1.54, 1.807) is 32.4 Å². The highest BCUT2D eigenvalue weighted by molar-refractivity contribution is 7.89. The van der Waals surface area contributed by atoms with Gasteiger partial charge in [0.05, 0.1) is 12.3 Å². The van der Waals surface area contributed by atoms with Crippen molar-refractivity contribution in [1.29, 1.82) is 0 Å². The zero-order valence-corrected chi connectivity index (χ0v) is 13.4. The number of nitrogens with zero attached hydrogens (tertiary/aromatic N) is 1. The highest BCUT2D eigenvalue weighted by atomic mass is 32.2.